The van der Waals surface area contributed by atoms with Crippen molar-refractivity contribution < 1.29 is 23.1 Å². The van der Waals surface area contributed by atoms with Crippen molar-refractivity contribution in [3.8, 4) is 0 Å². The van der Waals surface area contributed by atoms with Gasteiger partial charge in [-0.05, 0) is 24.3 Å². The number of anilines is 2. The highest BCUT2D eigenvalue weighted by Crippen LogP contribution is 2.28. The van der Waals surface area contributed by atoms with Crippen molar-refractivity contribution in [3.05, 3.63) is 48.2 Å². The van der Waals surface area contributed by atoms with Crippen LogP contribution in [0.2, 0.25) is 0 Å². The summed E-state index contributed by atoms with van der Waals surface area (Å²) >= 11 is 0. The summed E-state index contributed by atoms with van der Waals surface area (Å²) in [6, 6.07) is 6.77. The minimum atomic E-state index is -0.537. The SMILES string of the molecule is CC(=O)NCC1CN(c2ccc(N3CCN(Cc4ccoc4)CC3)c(F)c2)C(=O)O1. The van der Waals surface area contributed by atoms with Crippen LogP contribution in [0.3, 0.4) is 0 Å². The van der Waals surface area contributed by atoms with E-state index < -0.39 is 12.2 Å². The first-order valence-electron chi connectivity index (χ1n) is 10.00. The Bertz CT molecular complexity index is 896. The van der Waals surface area contributed by atoms with Gasteiger partial charge >= 0.3 is 6.09 Å². The molecule has 2 amide bonds. The van der Waals surface area contributed by atoms with Crippen LogP contribution < -0.4 is 15.1 Å². The molecule has 1 atom stereocenters. The minimum absolute atomic E-state index is 0.190. The summed E-state index contributed by atoms with van der Waals surface area (Å²) in [5.74, 6) is -0.557. The van der Waals surface area contributed by atoms with Crippen LogP contribution in [0.15, 0.2) is 41.2 Å². The second-order valence-corrected chi connectivity index (χ2v) is 7.58. The van der Waals surface area contributed by atoms with Gasteiger partial charge in [0.25, 0.3) is 0 Å². The topological polar surface area (TPSA) is 78.3 Å². The van der Waals surface area contributed by atoms with Gasteiger partial charge in [0.1, 0.15) is 11.9 Å². The quantitative estimate of drug-likeness (QED) is 0.778. The number of benzene rings is 1. The highest BCUT2D eigenvalue weighted by molar-refractivity contribution is 5.90. The van der Waals surface area contributed by atoms with Crippen molar-refractivity contribution in [2.45, 2.75) is 19.6 Å². The lowest BCUT2D eigenvalue weighted by Gasteiger charge is -2.36. The van der Waals surface area contributed by atoms with E-state index in [1.165, 1.54) is 17.9 Å². The molecule has 1 aromatic carbocycles. The second-order valence-electron chi connectivity index (χ2n) is 7.58. The molecule has 0 saturated carbocycles. The molecule has 1 aromatic heterocycles. The number of amides is 2. The third-order valence-corrected chi connectivity index (χ3v) is 5.39. The number of cyclic esters (lactones) is 1. The molecule has 1 N–H and O–H groups in total. The summed E-state index contributed by atoms with van der Waals surface area (Å²) in [5, 5.41) is 2.63. The zero-order valence-electron chi connectivity index (χ0n) is 16.8. The van der Waals surface area contributed by atoms with Crippen LogP contribution in [-0.4, -0.2) is 62.3 Å². The third-order valence-electron chi connectivity index (χ3n) is 5.39. The van der Waals surface area contributed by atoms with Crippen molar-refractivity contribution in [1.29, 1.82) is 0 Å². The van der Waals surface area contributed by atoms with Crippen LogP contribution in [0.5, 0.6) is 0 Å². The molecule has 2 aliphatic heterocycles. The van der Waals surface area contributed by atoms with Crippen LogP contribution in [0.4, 0.5) is 20.6 Å². The van der Waals surface area contributed by atoms with Gasteiger partial charge in [-0.1, -0.05) is 0 Å². The number of carbonyl (C=O) groups is 2. The average molecular weight is 416 g/mol. The van der Waals surface area contributed by atoms with Gasteiger partial charge in [-0.3, -0.25) is 14.6 Å². The summed E-state index contributed by atoms with van der Waals surface area (Å²) in [4.78, 5) is 28.9. The molecule has 0 bridgehead atoms. The summed E-state index contributed by atoms with van der Waals surface area (Å²) < 4.78 is 25.2. The number of hydrogen-bond acceptors (Lipinski definition) is 6. The van der Waals surface area contributed by atoms with Crippen molar-refractivity contribution in [2.75, 3.05) is 49.1 Å². The third kappa shape index (κ3) is 4.56. The van der Waals surface area contributed by atoms with Gasteiger partial charge in [-0.15, -0.1) is 0 Å². The van der Waals surface area contributed by atoms with Crippen LogP contribution in [0.25, 0.3) is 0 Å². The normalized spacial score (nSPS) is 19.8. The molecular weight excluding hydrogens is 391 g/mol. The number of nitrogens with zero attached hydrogens (tertiary/aromatic N) is 3. The zero-order chi connectivity index (χ0) is 21.1. The number of carbonyl (C=O) groups excluding carboxylic acids is 2. The van der Waals surface area contributed by atoms with E-state index in [9.17, 15) is 14.0 Å². The van der Waals surface area contributed by atoms with Gasteiger partial charge in [0, 0.05) is 45.2 Å². The molecule has 4 rings (SSSR count). The monoisotopic (exact) mass is 416 g/mol. The lowest BCUT2D eigenvalue weighted by atomic mass is 10.2. The van der Waals surface area contributed by atoms with Crippen LogP contribution in [-0.2, 0) is 16.1 Å². The van der Waals surface area contributed by atoms with Crippen LogP contribution in [0, 0.1) is 5.82 Å². The van der Waals surface area contributed by atoms with Gasteiger partial charge < -0.3 is 19.4 Å². The molecule has 9 heteroatoms. The van der Waals surface area contributed by atoms with Gasteiger partial charge in [0.15, 0.2) is 0 Å². The smallest absolute Gasteiger partial charge is 0.414 e. The standard InChI is InChI=1S/C21H25FN4O4/c1-15(27)23-11-18-13-26(21(28)30-18)17-2-3-20(19(22)10-17)25-7-5-24(6-8-25)12-16-4-9-29-14-16/h2-4,9-10,14,18H,5-8,11-13H2,1H3,(H,23,27). The maximum atomic E-state index is 14.9. The Morgan fingerprint density at radius 2 is 2.03 bits per heavy atom. The summed E-state index contributed by atoms with van der Waals surface area (Å²) in [6.07, 6.45) is 2.42. The molecule has 2 saturated heterocycles. The first-order chi connectivity index (χ1) is 14.5. The summed E-state index contributed by atoms with van der Waals surface area (Å²) in [6.45, 7) is 5.83. The van der Waals surface area contributed by atoms with Gasteiger partial charge in [-0.25, -0.2) is 9.18 Å². The first kappa shape index (κ1) is 20.2. The van der Waals surface area contributed by atoms with E-state index in [4.69, 9.17) is 9.15 Å². The van der Waals surface area contributed by atoms with Gasteiger partial charge in [0.05, 0.1) is 37.0 Å². The second kappa shape index (κ2) is 8.74. The first-order valence-corrected chi connectivity index (χ1v) is 10.00. The number of piperazine rings is 1. The molecule has 2 fully saturated rings. The Balaban J connectivity index is 1.35. The van der Waals surface area contributed by atoms with Crippen molar-refractivity contribution in [3.63, 3.8) is 0 Å². The largest absolute Gasteiger partial charge is 0.472 e. The van der Waals surface area contributed by atoms with Crippen molar-refractivity contribution in [2.24, 2.45) is 0 Å². The molecule has 2 aromatic rings. The Morgan fingerprint density at radius 3 is 2.70 bits per heavy atom. The van der Waals surface area contributed by atoms with E-state index in [-0.39, 0.29) is 24.8 Å². The van der Waals surface area contributed by atoms with Crippen LogP contribution >= 0.6 is 0 Å². The maximum absolute atomic E-state index is 14.9. The fourth-order valence-electron chi connectivity index (χ4n) is 3.80. The number of halogens is 1. The molecular formula is C21H25FN4O4. The number of nitrogens with one attached hydrogen (secondary N) is 1. The molecule has 8 nitrogen and oxygen atoms in total. The molecule has 160 valence electrons. The zero-order valence-corrected chi connectivity index (χ0v) is 16.8. The fraction of sp³-hybridized carbons (Fsp3) is 0.429. The maximum Gasteiger partial charge on any atom is 0.414 e. The number of hydrogen-bond donors (Lipinski definition) is 1. The average Bonchev–Trinajstić information content (AvgIpc) is 3.36. The Kier molecular flexibility index (Phi) is 5.89. The van der Waals surface area contributed by atoms with E-state index in [0.717, 1.165) is 38.3 Å². The molecule has 2 aliphatic rings. The van der Waals surface area contributed by atoms with E-state index in [1.54, 1.807) is 24.7 Å². The lowest BCUT2D eigenvalue weighted by molar-refractivity contribution is -0.119. The summed E-state index contributed by atoms with van der Waals surface area (Å²) in [5.41, 5.74) is 2.11. The predicted molar refractivity (Wildman–Crippen MR) is 109 cm³/mol. The Hall–Kier alpha value is -3.07. The molecule has 1 unspecified atom stereocenters. The van der Waals surface area contributed by atoms with E-state index in [0.29, 0.717) is 11.4 Å². The Morgan fingerprint density at radius 1 is 1.23 bits per heavy atom. The Labute approximate surface area is 174 Å². The fourth-order valence-corrected chi connectivity index (χ4v) is 3.80. The highest BCUT2D eigenvalue weighted by atomic mass is 19.1. The van der Waals surface area contributed by atoms with E-state index in [1.807, 2.05) is 11.0 Å². The molecule has 3 heterocycles. The number of rotatable bonds is 6. The van der Waals surface area contributed by atoms with E-state index in [2.05, 4.69) is 10.2 Å². The highest BCUT2D eigenvalue weighted by Gasteiger charge is 2.33. The molecule has 0 radical (unpaired) electrons. The van der Waals surface area contributed by atoms with E-state index >= 15 is 0 Å². The molecule has 0 spiro atoms. The van der Waals surface area contributed by atoms with Gasteiger partial charge in [-0.2, -0.15) is 0 Å². The molecule has 0 aliphatic carbocycles. The lowest BCUT2D eigenvalue weighted by Crippen LogP contribution is -2.46. The van der Waals surface area contributed by atoms with Gasteiger partial charge in [0.2, 0.25) is 5.91 Å². The van der Waals surface area contributed by atoms with Crippen molar-refractivity contribution >= 4 is 23.4 Å². The predicted octanol–water partition coefficient (Wildman–Crippen LogP) is 2.20. The van der Waals surface area contributed by atoms with Crippen molar-refractivity contribution in [1.82, 2.24) is 10.2 Å². The van der Waals surface area contributed by atoms with Crippen LogP contribution in [0.1, 0.15) is 12.5 Å². The number of ether oxygens (including phenoxy) is 1. The summed E-state index contributed by atoms with van der Waals surface area (Å²) in [7, 11) is 0. The minimum Gasteiger partial charge on any atom is -0.472 e. The number of furan rings is 1. The molecule has 30 heavy (non-hydrogen) atoms.